The van der Waals surface area contributed by atoms with Crippen LogP contribution in [0.15, 0.2) is 91.3 Å². The molecule has 3 amide bonds. The Morgan fingerprint density at radius 3 is 1.76 bits per heavy atom. The van der Waals surface area contributed by atoms with E-state index in [1.54, 1.807) is 17.3 Å². The van der Waals surface area contributed by atoms with Crippen molar-refractivity contribution in [2.24, 2.45) is 0 Å². The minimum atomic E-state index is -0.917. The number of hydrogen-bond donors (Lipinski definition) is 4. The van der Waals surface area contributed by atoms with Crippen LogP contribution in [0, 0.1) is 0 Å². The molecule has 49 heavy (non-hydrogen) atoms. The summed E-state index contributed by atoms with van der Waals surface area (Å²) in [5.74, 6) is 1.17. The highest BCUT2D eigenvalue weighted by atomic mass is 16.5. The number of ether oxygens (including phenoxy) is 1. The molecule has 0 unspecified atom stereocenters. The molecule has 0 bridgehead atoms. The van der Waals surface area contributed by atoms with Gasteiger partial charge in [-0.25, -0.2) is 19.6 Å². The number of amides is 3. The lowest BCUT2D eigenvalue weighted by atomic mass is 10.0. The minimum Gasteiger partial charge on any atom is -0.465 e. The van der Waals surface area contributed by atoms with E-state index >= 15 is 0 Å². The number of aromatic amines is 2. The maximum absolute atomic E-state index is 13.8. The van der Waals surface area contributed by atoms with Crippen LogP contribution in [-0.2, 0) is 9.53 Å². The number of alkyl carbamates (subject to hydrolysis) is 1. The van der Waals surface area contributed by atoms with Crippen LogP contribution < -0.4 is 5.32 Å². The van der Waals surface area contributed by atoms with Crippen LogP contribution in [0.1, 0.15) is 61.0 Å². The summed E-state index contributed by atoms with van der Waals surface area (Å²) in [5, 5.41) is 12.2. The fourth-order valence-corrected chi connectivity index (χ4v) is 6.86. The van der Waals surface area contributed by atoms with Gasteiger partial charge in [0, 0.05) is 13.1 Å². The van der Waals surface area contributed by atoms with Gasteiger partial charge in [0.25, 0.3) is 5.91 Å². The van der Waals surface area contributed by atoms with Crippen molar-refractivity contribution < 1.29 is 24.2 Å². The molecule has 12 heteroatoms. The van der Waals surface area contributed by atoms with E-state index in [4.69, 9.17) is 4.74 Å². The van der Waals surface area contributed by atoms with Crippen LogP contribution in [0.5, 0.6) is 0 Å². The molecule has 4 heterocycles. The number of H-pyrrole nitrogens is 2. The van der Waals surface area contributed by atoms with Crippen LogP contribution in [0.25, 0.3) is 33.6 Å². The summed E-state index contributed by atoms with van der Waals surface area (Å²) in [5.41, 5.74) is 6.44. The van der Waals surface area contributed by atoms with Crippen molar-refractivity contribution in [3.8, 4) is 33.6 Å². The number of carboxylic acid groups (broad SMARTS) is 1. The number of nitrogens with one attached hydrogen (secondary N) is 3. The number of likely N-dealkylation sites (tertiary alicyclic amines) is 2. The molecule has 0 aliphatic carbocycles. The normalized spacial score (nSPS) is 18.0. The van der Waals surface area contributed by atoms with E-state index in [9.17, 15) is 19.5 Å². The first-order valence-electron chi connectivity index (χ1n) is 16.4. The Labute approximate surface area is 283 Å². The Kier molecular flexibility index (Phi) is 8.84. The van der Waals surface area contributed by atoms with E-state index in [1.165, 1.54) is 12.0 Å². The van der Waals surface area contributed by atoms with E-state index < -0.39 is 18.2 Å². The molecule has 250 valence electrons. The number of imidazole rings is 2. The first kappa shape index (κ1) is 31.7. The van der Waals surface area contributed by atoms with Gasteiger partial charge in [-0.2, -0.15) is 0 Å². The lowest BCUT2D eigenvalue weighted by Crippen LogP contribution is -2.42. The third kappa shape index (κ3) is 6.49. The van der Waals surface area contributed by atoms with E-state index in [2.05, 4.69) is 49.5 Å². The second-order valence-electron chi connectivity index (χ2n) is 12.3. The monoisotopic (exact) mass is 659 g/mol. The topological polar surface area (TPSA) is 157 Å². The highest BCUT2D eigenvalue weighted by Gasteiger charge is 2.37. The number of rotatable bonds is 8. The van der Waals surface area contributed by atoms with Gasteiger partial charge in [0.15, 0.2) is 0 Å². The molecular formula is C37H37N7O5. The maximum atomic E-state index is 13.8. The fraction of sp³-hybridized carbons (Fsp3) is 0.270. The molecule has 2 aliphatic rings. The van der Waals surface area contributed by atoms with Crippen molar-refractivity contribution in [2.75, 3.05) is 20.2 Å². The largest absolute Gasteiger partial charge is 0.465 e. The number of benzene rings is 3. The van der Waals surface area contributed by atoms with E-state index in [0.29, 0.717) is 30.3 Å². The minimum absolute atomic E-state index is 0.209. The van der Waals surface area contributed by atoms with Gasteiger partial charge in [-0.15, -0.1) is 0 Å². The van der Waals surface area contributed by atoms with Crippen LogP contribution in [-0.4, -0.2) is 73.1 Å². The van der Waals surface area contributed by atoms with Gasteiger partial charge in [-0.3, -0.25) is 9.69 Å². The van der Waals surface area contributed by atoms with E-state index in [-0.39, 0.29) is 18.0 Å². The molecule has 2 saturated heterocycles. The zero-order valence-corrected chi connectivity index (χ0v) is 27.0. The van der Waals surface area contributed by atoms with Crippen molar-refractivity contribution in [3.63, 3.8) is 0 Å². The molecule has 2 aromatic heterocycles. The lowest BCUT2D eigenvalue weighted by molar-refractivity contribution is -0.134. The smallest absolute Gasteiger partial charge is 0.407 e. The molecule has 12 nitrogen and oxygen atoms in total. The number of nitrogens with zero attached hydrogens (tertiary/aromatic N) is 4. The molecule has 5 aromatic rings. The average Bonchev–Trinajstić information content (AvgIpc) is 3.97. The molecule has 7 rings (SSSR count). The van der Waals surface area contributed by atoms with Crippen molar-refractivity contribution >= 4 is 18.1 Å². The first-order valence-corrected chi connectivity index (χ1v) is 16.4. The van der Waals surface area contributed by atoms with Gasteiger partial charge in [0.1, 0.15) is 17.7 Å². The highest BCUT2D eigenvalue weighted by molar-refractivity contribution is 5.87. The van der Waals surface area contributed by atoms with Gasteiger partial charge in [0.2, 0.25) is 0 Å². The SMILES string of the molecule is COC(=O)N[C@@H](C(=O)N1CCC[C@H]1c1ncc(-c2ccc(-c3ccc(-c4cnc([C@@H]5CCCN5C(=O)O)[nH]4)cc3)cc2)[nH]1)c1ccccc1. The zero-order valence-electron chi connectivity index (χ0n) is 27.0. The van der Waals surface area contributed by atoms with Gasteiger partial charge >= 0.3 is 12.2 Å². The molecule has 0 saturated carbocycles. The molecule has 4 N–H and O–H groups in total. The van der Waals surface area contributed by atoms with Crippen molar-refractivity contribution in [3.05, 3.63) is 108 Å². The summed E-state index contributed by atoms with van der Waals surface area (Å²) in [6.45, 7) is 1.09. The van der Waals surface area contributed by atoms with Crippen LogP contribution >= 0.6 is 0 Å². The van der Waals surface area contributed by atoms with E-state index in [1.807, 2.05) is 54.6 Å². The third-order valence-electron chi connectivity index (χ3n) is 9.41. The van der Waals surface area contributed by atoms with Crippen LogP contribution in [0.2, 0.25) is 0 Å². The Morgan fingerprint density at radius 1 is 0.755 bits per heavy atom. The number of aromatic nitrogens is 4. The Hall–Kier alpha value is -5.91. The Balaban J connectivity index is 1.03. The fourth-order valence-electron chi connectivity index (χ4n) is 6.86. The molecule has 2 fully saturated rings. The maximum Gasteiger partial charge on any atom is 0.407 e. The van der Waals surface area contributed by atoms with Crippen LogP contribution in [0.3, 0.4) is 0 Å². The van der Waals surface area contributed by atoms with Crippen molar-refractivity contribution in [2.45, 2.75) is 43.8 Å². The summed E-state index contributed by atoms with van der Waals surface area (Å²) in [4.78, 5) is 56.7. The molecule has 2 aliphatic heterocycles. The van der Waals surface area contributed by atoms with Gasteiger partial charge in [0.05, 0.1) is 43.0 Å². The lowest BCUT2D eigenvalue weighted by Gasteiger charge is -2.28. The van der Waals surface area contributed by atoms with Crippen molar-refractivity contribution in [1.82, 2.24) is 35.1 Å². The van der Waals surface area contributed by atoms with Gasteiger partial charge in [-0.1, -0.05) is 78.9 Å². The molecular weight excluding hydrogens is 622 g/mol. The number of carbonyl (C=O) groups excluding carboxylic acids is 2. The summed E-state index contributed by atoms with van der Waals surface area (Å²) in [6, 6.07) is 24.2. The number of carbonyl (C=O) groups is 3. The second kappa shape index (κ2) is 13.7. The van der Waals surface area contributed by atoms with Crippen LogP contribution in [0.4, 0.5) is 9.59 Å². The van der Waals surface area contributed by atoms with Gasteiger partial charge < -0.3 is 30.0 Å². The first-order chi connectivity index (χ1) is 23.9. The summed E-state index contributed by atoms with van der Waals surface area (Å²) >= 11 is 0. The molecule has 0 spiro atoms. The second-order valence-corrected chi connectivity index (χ2v) is 12.3. The summed E-state index contributed by atoms with van der Waals surface area (Å²) < 4.78 is 4.81. The van der Waals surface area contributed by atoms with Crippen molar-refractivity contribution in [1.29, 1.82) is 0 Å². The quantitative estimate of drug-likeness (QED) is 0.144. The molecule has 3 aromatic carbocycles. The molecule has 3 atom stereocenters. The standard InChI is InChI=1S/C37H37N7O5/c1-49-36(46)42-32(27-7-3-2-4-8-27)35(45)43-19-5-9-30(43)33-38-21-28(40-33)25-15-11-23(12-16-25)24-13-17-26(18-14-24)29-22-39-34(41-29)31-10-6-20-44(31)37(47)48/h2-4,7-8,11-18,21-22,30-32H,5-6,9-10,19-20H2,1H3,(H,38,40)(H,39,41)(H,42,46)(H,47,48)/t30-,31-,32+/m0/s1. The average molecular weight is 660 g/mol. The Bertz CT molecular complexity index is 1940. The predicted molar refractivity (Wildman–Crippen MR) is 182 cm³/mol. The third-order valence-corrected chi connectivity index (χ3v) is 9.41. The predicted octanol–water partition coefficient (Wildman–Crippen LogP) is 6.71. The summed E-state index contributed by atoms with van der Waals surface area (Å²) in [7, 11) is 1.28. The molecule has 0 radical (unpaired) electrons. The summed E-state index contributed by atoms with van der Waals surface area (Å²) in [6.07, 6.45) is 5.14. The number of methoxy groups -OCH3 is 1. The van der Waals surface area contributed by atoms with Gasteiger partial charge in [-0.05, 0) is 53.5 Å². The Morgan fingerprint density at radius 2 is 1.24 bits per heavy atom. The van der Waals surface area contributed by atoms with E-state index in [0.717, 1.165) is 59.3 Å². The number of hydrogen-bond acceptors (Lipinski definition) is 6. The zero-order chi connectivity index (χ0) is 33.9. The highest BCUT2D eigenvalue weighted by Crippen LogP contribution is 2.35.